The van der Waals surface area contributed by atoms with Crippen molar-refractivity contribution >= 4 is 28.0 Å². The van der Waals surface area contributed by atoms with Crippen LogP contribution in [0.25, 0.3) is 5.41 Å². The van der Waals surface area contributed by atoms with Gasteiger partial charge in [-0.25, -0.2) is 0 Å². The fourth-order valence-electron chi connectivity index (χ4n) is 1.50. The summed E-state index contributed by atoms with van der Waals surface area (Å²) < 4.78 is 16.5. The molecule has 0 atom stereocenters. The van der Waals surface area contributed by atoms with E-state index in [1.807, 2.05) is 0 Å². The normalized spacial score (nSPS) is 11.0. The molecule has 0 aromatic heterocycles. The van der Waals surface area contributed by atoms with Gasteiger partial charge >= 0.3 is 137 Å². The third-order valence-corrected chi connectivity index (χ3v) is 2.86. The van der Waals surface area contributed by atoms with Crippen molar-refractivity contribution in [3.63, 3.8) is 0 Å². The van der Waals surface area contributed by atoms with Crippen molar-refractivity contribution in [2.75, 3.05) is 6.61 Å². The summed E-state index contributed by atoms with van der Waals surface area (Å²) in [6.07, 6.45) is 0.165. The van der Waals surface area contributed by atoms with Gasteiger partial charge < -0.3 is 4.74 Å². The molecular weight excluding hydrogens is 510 g/mol. The zero-order valence-corrected chi connectivity index (χ0v) is 19.8. The van der Waals surface area contributed by atoms with E-state index in [4.69, 9.17) is 9.47 Å². The van der Waals surface area contributed by atoms with Crippen molar-refractivity contribution in [1.82, 2.24) is 0 Å². The molecule has 0 N–H and O–H groups in total. The minimum atomic E-state index is -1.40. The first kappa shape index (κ1) is 26.9. The maximum absolute atomic E-state index is 12.1. The SMILES string of the molecule is CC(C)(C)OC(=O)C(C(=[N-])C[CH]=[W])C(=O)OC(C)(C)C.CCOC(C)=O. The smallest absolute Gasteiger partial charge is 0.302 e. The van der Waals surface area contributed by atoms with Crippen molar-refractivity contribution in [3.8, 4) is 0 Å². The molecule has 8 heteroatoms. The summed E-state index contributed by atoms with van der Waals surface area (Å²) in [6, 6.07) is 0. The zero-order valence-electron chi connectivity index (χ0n) is 16.9. The molecule has 0 fully saturated rings. The molecule has 150 valence electrons. The van der Waals surface area contributed by atoms with E-state index in [0.717, 1.165) is 19.4 Å². The minimum Gasteiger partial charge on any atom is -0.466 e. The molecule has 0 bridgehead atoms. The van der Waals surface area contributed by atoms with E-state index in [1.165, 1.54) is 6.92 Å². The maximum Gasteiger partial charge on any atom is 0.302 e. The van der Waals surface area contributed by atoms with E-state index in [0.29, 0.717) is 6.61 Å². The largest absolute Gasteiger partial charge is 0.466 e. The van der Waals surface area contributed by atoms with Gasteiger partial charge in [0.05, 0.1) is 6.61 Å². The van der Waals surface area contributed by atoms with Crippen molar-refractivity contribution in [1.29, 1.82) is 0 Å². The number of carbonyl (C=O) groups is 3. The first-order chi connectivity index (χ1) is 11.6. The van der Waals surface area contributed by atoms with Gasteiger partial charge in [-0.15, -0.1) is 0 Å². The van der Waals surface area contributed by atoms with Crippen LogP contribution in [0.5, 0.6) is 0 Å². The average Bonchev–Trinajstić information content (AvgIpc) is 2.34. The molecule has 0 unspecified atom stereocenters. The van der Waals surface area contributed by atoms with Crippen LogP contribution in [0.2, 0.25) is 0 Å². The van der Waals surface area contributed by atoms with Gasteiger partial charge in [0.2, 0.25) is 0 Å². The van der Waals surface area contributed by atoms with Gasteiger partial charge in [0.15, 0.2) is 0 Å². The number of hydrogen-bond acceptors (Lipinski definition) is 6. The fourth-order valence-corrected chi connectivity index (χ4v) is 2.11. The second-order valence-electron chi connectivity index (χ2n) is 7.29. The Balaban J connectivity index is 0. The summed E-state index contributed by atoms with van der Waals surface area (Å²) in [5.74, 6) is -3.19. The predicted molar refractivity (Wildman–Crippen MR) is 96.5 cm³/mol. The molecule has 0 rings (SSSR count). The average molecular weight is 540 g/mol. The number of nitrogens with zero attached hydrogens (tertiary/aromatic N) is 1. The number of hydrogen-bond donors (Lipinski definition) is 0. The van der Waals surface area contributed by atoms with Gasteiger partial charge in [0.25, 0.3) is 0 Å². The molecule has 0 aliphatic rings. The van der Waals surface area contributed by atoms with Crippen molar-refractivity contribution in [2.45, 2.75) is 73.0 Å². The van der Waals surface area contributed by atoms with E-state index in [1.54, 1.807) is 52.9 Å². The third kappa shape index (κ3) is 14.9. The van der Waals surface area contributed by atoms with Crippen molar-refractivity contribution in [2.24, 2.45) is 5.92 Å². The van der Waals surface area contributed by atoms with Crippen LogP contribution in [0.4, 0.5) is 0 Å². The van der Waals surface area contributed by atoms with E-state index < -0.39 is 29.1 Å². The van der Waals surface area contributed by atoms with Gasteiger partial charge in [-0.05, 0) is 6.92 Å². The zero-order chi connectivity index (χ0) is 21.1. The van der Waals surface area contributed by atoms with E-state index in [9.17, 15) is 19.8 Å². The Morgan fingerprint density at radius 1 is 1.00 bits per heavy atom. The van der Waals surface area contributed by atoms with E-state index in [2.05, 4.69) is 4.74 Å². The Morgan fingerprint density at radius 2 is 1.38 bits per heavy atom. The molecule has 0 aliphatic carbocycles. The van der Waals surface area contributed by atoms with Crippen LogP contribution in [0.1, 0.15) is 61.8 Å². The Morgan fingerprint density at radius 3 is 1.58 bits per heavy atom. The van der Waals surface area contributed by atoms with Crippen LogP contribution in [-0.2, 0) is 47.9 Å². The van der Waals surface area contributed by atoms with Crippen LogP contribution >= 0.6 is 0 Å². The van der Waals surface area contributed by atoms with Crippen molar-refractivity contribution in [3.05, 3.63) is 5.41 Å². The molecule has 0 aromatic carbocycles. The summed E-state index contributed by atoms with van der Waals surface area (Å²) in [5, 5.41) is 9.94. The molecule has 0 radical (unpaired) electrons. The molecule has 0 saturated heterocycles. The first-order valence-electron chi connectivity index (χ1n) is 8.22. The summed E-state index contributed by atoms with van der Waals surface area (Å²) >= 11 is 1.14. The Bertz CT molecular complexity index is 489. The van der Waals surface area contributed by atoms with E-state index in [-0.39, 0.29) is 18.1 Å². The van der Waals surface area contributed by atoms with Crippen LogP contribution in [0.15, 0.2) is 0 Å². The molecule has 0 aromatic rings. The first-order valence-corrected chi connectivity index (χ1v) is 9.91. The number of rotatable bonds is 6. The summed E-state index contributed by atoms with van der Waals surface area (Å²) in [7, 11) is 0. The number of carbonyl (C=O) groups excluding carboxylic acids is 3. The third-order valence-electron chi connectivity index (χ3n) is 2.26. The maximum atomic E-state index is 12.1. The van der Waals surface area contributed by atoms with Gasteiger partial charge in [0.1, 0.15) is 0 Å². The molecule has 0 saturated carbocycles. The monoisotopic (exact) mass is 540 g/mol. The standard InChI is InChI=1S/C14H22NO4.C4H8O2.W/c1-8-9(15)10(11(16)18-13(2,3)4)12(17)19-14(5,6)7;1-3-6-4(2)5;/h1,10H,8H2,2-7H3;3H2,1-2H3;/q-1;;. The predicted octanol–water partition coefficient (Wildman–Crippen LogP) is 2.60. The van der Waals surface area contributed by atoms with Gasteiger partial charge in [-0.3, -0.25) is 4.79 Å². The van der Waals surface area contributed by atoms with Gasteiger partial charge in [-0.2, -0.15) is 0 Å². The Hall–Kier alpha value is -1.36. The minimum absolute atomic E-state index is 0.165. The molecular formula is C18H30NO6W-. The summed E-state index contributed by atoms with van der Waals surface area (Å²) in [5.41, 5.74) is -1.72. The van der Waals surface area contributed by atoms with Crippen LogP contribution in [-0.4, -0.2) is 45.8 Å². The summed E-state index contributed by atoms with van der Waals surface area (Å²) in [6.45, 7) is 13.8. The van der Waals surface area contributed by atoms with Gasteiger partial charge in [-0.1, -0.05) is 0 Å². The molecule has 26 heavy (non-hydrogen) atoms. The van der Waals surface area contributed by atoms with E-state index >= 15 is 0 Å². The number of ether oxygens (including phenoxy) is 3. The Kier molecular flexibility index (Phi) is 12.5. The van der Waals surface area contributed by atoms with Crippen LogP contribution in [0, 0.1) is 5.92 Å². The Labute approximate surface area is 167 Å². The number of esters is 3. The topological polar surface area (TPSA) is 101 Å². The second-order valence-corrected chi connectivity index (χ2v) is 8.48. The molecule has 0 spiro atoms. The molecule has 7 nitrogen and oxygen atoms in total. The van der Waals surface area contributed by atoms with Crippen molar-refractivity contribution < 1.29 is 47.9 Å². The molecule has 0 aliphatic heterocycles. The molecule has 0 heterocycles. The summed E-state index contributed by atoms with van der Waals surface area (Å²) in [4.78, 5) is 34.0. The van der Waals surface area contributed by atoms with Gasteiger partial charge in [0, 0.05) is 6.92 Å². The quantitative estimate of drug-likeness (QED) is 0.222. The second kappa shape index (κ2) is 12.1. The van der Waals surface area contributed by atoms with Crippen LogP contribution in [0.3, 0.4) is 0 Å². The fraction of sp³-hybridized carbons (Fsp3) is 0.722. The van der Waals surface area contributed by atoms with Crippen LogP contribution < -0.4 is 0 Å². The molecule has 0 amide bonds.